The molecule has 1 aliphatic rings. The lowest BCUT2D eigenvalue weighted by Crippen LogP contribution is -2.52. The van der Waals surface area contributed by atoms with Crippen molar-refractivity contribution >= 4 is 11.9 Å². The van der Waals surface area contributed by atoms with Crippen LogP contribution in [0.2, 0.25) is 0 Å². The van der Waals surface area contributed by atoms with Crippen molar-refractivity contribution < 1.29 is 19.4 Å². The number of hydrogen-bond acceptors (Lipinski definition) is 4. The molecule has 4 aromatic carbocycles. The quantitative estimate of drug-likeness (QED) is 0.273. The minimum Gasteiger partial charge on any atom is -0.481 e. The van der Waals surface area contributed by atoms with E-state index in [-0.39, 0.29) is 11.3 Å². The van der Waals surface area contributed by atoms with Gasteiger partial charge in [-0.25, -0.2) is 0 Å². The molecule has 1 aliphatic carbocycles. The molecule has 1 saturated carbocycles. The van der Waals surface area contributed by atoms with Gasteiger partial charge >= 0.3 is 11.9 Å². The summed E-state index contributed by atoms with van der Waals surface area (Å²) in [4.78, 5) is 26.1. The van der Waals surface area contributed by atoms with Gasteiger partial charge in [-0.3, -0.25) is 9.59 Å². The van der Waals surface area contributed by atoms with Gasteiger partial charge in [0.25, 0.3) is 0 Å². The smallest absolute Gasteiger partial charge is 0.315 e. The molecular formula is C31H23NO4. The maximum Gasteiger partial charge on any atom is 0.315 e. The third kappa shape index (κ3) is 4.25. The van der Waals surface area contributed by atoms with Crippen molar-refractivity contribution in [2.75, 3.05) is 0 Å². The number of esters is 1. The Morgan fingerprint density at radius 1 is 0.694 bits per heavy atom. The zero-order chi connectivity index (χ0) is 25.1. The van der Waals surface area contributed by atoms with Gasteiger partial charge in [-0.2, -0.15) is 5.26 Å². The Bertz CT molecular complexity index is 1380. The maximum atomic E-state index is 13.7. The predicted octanol–water partition coefficient (Wildman–Crippen LogP) is 6.03. The van der Waals surface area contributed by atoms with Crippen LogP contribution in [-0.4, -0.2) is 17.0 Å². The second-order valence-corrected chi connectivity index (χ2v) is 8.87. The Morgan fingerprint density at radius 2 is 1.22 bits per heavy atom. The highest BCUT2D eigenvalue weighted by atomic mass is 16.5. The summed E-state index contributed by atoms with van der Waals surface area (Å²) in [6.07, 6.45) is 0. The van der Waals surface area contributed by atoms with Crippen LogP contribution in [-0.2, 0) is 9.59 Å². The van der Waals surface area contributed by atoms with E-state index in [0.29, 0.717) is 0 Å². The molecule has 1 N–H and O–H groups in total. The van der Waals surface area contributed by atoms with Crippen LogP contribution in [0.1, 0.15) is 28.5 Å². The van der Waals surface area contributed by atoms with Crippen LogP contribution in [0.5, 0.6) is 5.75 Å². The van der Waals surface area contributed by atoms with Gasteiger partial charge in [0.15, 0.2) is 0 Å². The number of rotatable bonds is 6. The molecule has 5 nitrogen and oxygen atoms in total. The Hall–Kier alpha value is -4.69. The van der Waals surface area contributed by atoms with Crippen molar-refractivity contribution in [2.24, 2.45) is 11.8 Å². The number of aliphatic carboxylic acids is 1. The van der Waals surface area contributed by atoms with Gasteiger partial charge in [0.1, 0.15) is 11.8 Å². The van der Waals surface area contributed by atoms with Crippen molar-refractivity contribution in [3.63, 3.8) is 0 Å². The van der Waals surface area contributed by atoms with Gasteiger partial charge < -0.3 is 9.84 Å². The van der Waals surface area contributed by atoms with Crippen molar-refractivity contribution in [3.05, 3.63) is 126 Å². The molecule has 0 unspecified atom stereocenters. The molecular weight excluding hydrogens is 450 g/mol. The van der Waals surface area contributed by atoms with E-state index in [2.05, 4.69) is 6.07 Å². The van der Waals surface area contributed by atoms with E-state index in [9.17, 15) is 20.0 Å². The number of hydrogen-bond donors (Lipinski definition) is 1. The fourth-order valence-electron chi connectivity index (χ4n) is 5.21. The number of nitrogens with zero attached hydrogens (tertiary/aromatic N) is 1. The molecule has 2 atom stereocenters. The molecule has 0 bridgehead atoms. The van der Waals surface area contributed by atoms with Gasteiger partial charge in [-0.1, -0.05) is 97.1 Å². The van der Waals surface area contributed by atoms with Gasteiger partial charge in [0, 0.05) is 11.8 Å². The highest BCUT2D eigenvalue weighted by Gasteiger charge is 2.59. The van der Waals surface area contributed by atoms with Gasteiger partial charge in [0.05, 0.1) is 17.4 Å². The predicted molar refractivity (Wildman–Crippen MR) is 135 cm³/mol. The highest BCUT2D eigenvalue weighted by molar-refractivity contribution is 5.86. The minimum absolute atomic E-state index is 0.168. The molecule has 176 valence electrons. The summed E-state index contributed by atoms with van der Waals surface area (Å²) in [6.45, 7) is 0. The van der Waals surface area contributed by atoms with Crippen LogP contribution >= 0.6 is 0 Å². The van der Waals surface area contributed by atoms with E-state index in [1.807, 2.05) is 97.1 Å². The zero-order valence-corrected chi connectivity index (χ0v) is 19.3. The standard InChI is InChI=1S/C31H23NO4/c32-19-24-17-16-23(20-10-4-1-5-11-20)18-25(24)36-31(35)29-26(21-12-6-2-7-13-21)28(30(33)34)27(29)22-14-8-3-9-15-22/h1-18,26-29H,(H,33,34)/t26-,27-,28?,29?/m1/s1. The molecule has 0 amide bonds. The van der Waals surface area contributed by atoms with Gasteiger partial charge in [-0.15, -0.1) is 0 Å². The summed E-state index contributed by atoms with van der Waals surface area (Å²) in [6, 6.07) is 35.3. The highest BCUT2D eigenvalue weighted by Crippen LogP contribution is 2.58. The lowest BCUT2D eigenvalue weighted by molar-refractivity contribution is -0.158. The topological polar surface area (TPSA) is 87.4 Å². The number of ether oxygens (including phenoxy) is 1. The second-order valence-electron chi connectivity index (χ2n) is 8.87. The van der Waals surface area contributed by atoms with E-state index in [4.69, 9.17) is 4.74 Å². The van der Waals surface area contributed by atoms with E-state index in [1.54, 1.807) is 12.1 Å². The van der Waals surface area contributed by atoms with Crippen LogP contribution in [0.4, 0.5) is 0 Å². The molecule has 0 saturated heterocycles. The molecule has 0 aromatic heterocycles. The largest absolute Gasteiger partial charge is 0.481 e. The lowest BCUT2D eigenvalue weighted by atomic mass is 9.52. The fraction of sp³-hybridized carbons (Fsp3) is 0.129. The Kier molecular flexibility index (Phi) is 6.34. The Labute approximate surface area is 209 Å². The molecule has 0 spiro atoms. The molecule has 4 aromatic rings. The second kappa shape index (κ2) is 9.89. The van der Waals surface area contributed by atoms with E-state index in [1.165, 1.54) is 0 Å². The lowest BCUT2D eigenvalue weighted by Gasteiger charge is -2.49. The summed E-state index contributed by atoms with van der Waals surface area (Å²) in [5, 5.41) is 19.8. The first-order valence-corrected chi connectivity index (χ1v) is 11.7. The molecule has 36 heavy (non-hydrogen) atoms. The van der Waals surface area contributed by atoms with Crippen LogP contribution in [0.15, 0.2) is 109 Å². The van der Waals surface area contributed by atoms with Crippen LogP contribution in [0.3, 0.4) is 0 Å². The summed E-state index contributed by atoms with van der Waals surface area (Å²) in [7, 11) is 0. The monoisotopic (exact) mass is 473 g/mol. The Balaban J connectivity index is 1.54. The van der Waals surface area contributed by atoms with Gasteiger partial charge in [-0.05, 0) is 34.4 Å². The zero-order valence-electron chi connectivity index (χ0n) is 19.3. The number of carboxylic acids is 1. The molecule has 5 rings (SSSR count). The minimum atomic E-state index is -0.953. The van der Waals surface area contributed by atoms with Crippen molar-refractivity contribution in [1.29, 1.82) is 5.26 Å². The molecule has 0 aliphatic heterocycles. The molecule has 1 fully saturated rings. The van der Waals surface area contributed by atoms with E-state index in [0.717, 1.165) is 22.3 Å². The van der Waals surface area contributed by atoms with Crippen molar-refractivity contribution in [1.82, 2.24) is 0 Å². The summed E-state index contributed by atoms with van der Waals surface area (Å²) >= 11 is 0. The van der Waals surface area contributed by atoms with E-state index < -0.39 is 35.6 Å². The third-order valence-corrected chi connectivity index (χ3v) is 6.89. The number of nitriles is 1. The first-order valence-electron chi connectivity index (χ1n) is 11.7. The molecule has 5 heteroatoms. The molecule has 0 heterocycles. The molecule has 0 radical (unpaired) electrons. The SMILES string of the molecule is N#Cc1ccc(-c2ccccc2)cc1OC(=O)C1[C@H](c2ccccc2)C(C(=O)O)[C@H]1c1ccccc1. The van der Waals surface area contributed by atoms with Crippen LogP contribution in [0, 0.1) is 23.2 Å². The van der Waals surface area contributed by atoms with Crippen molar-refractivity contribution in [2.45, 2.75) is 11.8 Å². The number of carbonyl (C=O) groups is 2. The third-order valence-electron chi connectivity index (χ3n) is 6.89. The van der Waals surface area contributed by atoms with Gasteiger partial charge in [0.2, 0.25) is 0 Å². The number of carbonyl (C=O) groups excluding carboxylic acids is 1. The Morgan fingerprint density at radius 3 is 1.72 bits per heavy atom. The normalized spacial score (nSPS) is 20.5. The average molecular weight is 474 g/mol. The maximum absolute atomic E-state index is 13.7. The first-order chi connectivity index (χ1) is 17.6. The number of carboxylic acid groups (broad SMARTS) is 1. The summed E-state index contributed by atoms with van der Waals surface area (Å²) in [5.74, 6) is -3.93. The van der Waals surface area contributed by atoms with Crippen LogP contribution < -0.4 is 4.74 Å². The van der Waals surface area contributed by atoms with Crippen LogP contribution in [0.25, 0.3) is 11.1 Å². The fourth-order valence-corrected chi connectivity index (χ4v) is 5.21. The summed E-state index contributed by atoms with van der Waals surface area (Å²) in [5.41, 5.74) is 3.53. The summed E-state index contributed by atoms with van der Waals surface area (Å²) < 4.78 is 5.88. The van der Waals surface area contributed by atoms with E-state index >= 15 is 0 Å². The first kappa shape index (κ1) is 23.1. The number of benzene rings is 4. The average Bonchev–Trinajstić information content (AvgIpc) is 2.89. The van der Waals surface area contributed by atoms with Crippen molar-refractivity contribution in [3.8, 4) is 22.9 Å².